The lowest BCUT2D eigenvalue weighted by Crippen LogP contribution is -2.52. The highest BCUT2D eigenvalue weighted by Gasteiger charge is 2.31. The number of halogens is 2. The van der Waals surface area contributed by atoms with E-state index in [4.69, 9.17) is 4.74 Å². The summed E-state index contributed by atoms with van der Waals surface area (Å²) in [6.45, 7) is 4.05. The number of nitrogens with zero attached hydrogens (tertiary/aromatic N) is 1. The van der Waals surface area contributed by atoms with Crippen LogP contribution in [0.2, 0.25) is 0 Å². The molecular formula is C8H13F2NO2. The van der Waals surface area contributed by atoms with Crippen LogP contribution in [0.4, 0.5) is 8.78 Å². The van der Waals surface area contributed by atoms with Crippen molar-refractivity contribution >= 4 is 5.91 Å². The minimum Gasteiger partial charge on any atom is -0.375 e. The Bertz CT molecular complexity index is 199. The Labute approximate surface area is 75.7 Å². The SMILES string of the molecule is CC1CN(C(=O)C(F)F)C(C)CO1. The van der Waals surface area contributed by atoms with Gasteiger partial charge in [-0.1, -0.05) is 0 Å². The zero-order chi connectivity index (χ0) is 10.0. The first kappa shape index (κ1) is 10.4. The van der Waals surface area contributed by atoms with Crippen molar-refractivity contribution in [3.05, 3.63) is 0 Å². The summed E-state index contributed by atoms with van der Waals surface area (Å²) in [6.07, 6.45) is -3.06. The van der Waals surface area contributed by atoms with Crippen molar-refractivity contribution in [3.63, 3.8) is 0 Å². The molecule has 0 spiro atoms. The van der Waals surface area contributed by atoms with Crippen molar-refractivity contribution in [3.8, 4) is 0 Å². The number of carbonyl (C=O) groups excluding carboxylic acids is 1. The first-order chi connectivity index (χ1) is 6.02. The van der Waals surface area contributed by atoms with Gasteiger partial charge in [0, 0.05) is 6.54 Å². The van der Waals surface area contributed by atoms with Crippen LogP contribution in [-0.2, 0) is 9.53 Å². The van der Waals surface area contributed by atoms with Crippen molar-refractivity contribution < 1.29 is 18.3 Å². The lowest BCUT2D eigenvalue weighted by molar-refractivity contribution is -0.154. The molecule has 0 aliphatic carbocycles. The average Bonchev–Trinajstić information content (AvgIpc) is 2.08. The van der Waals surface area contributed by atoms with E-state index in [9.17, 15) is 13.6 Å². The molecule has 5 heteroatoms. The molecule has 0 saturated carbocycles. The number of ether oxygens (including phenoxy) is 1. The zero-order valence-corrected chi connectivity index (χ0v) is 7.67. The van der Waals surface area contributed by atoms with Gasteiger partial charge in [0.1, 0.15) is 0 Å². The first-order valence-electron chi connectivity index (χ1n) is 4.22. The maximum Gasteiger partial charge on any atom is 0.315 e. The van der Waals surface area contributed by atoms with Crippen LogP contribution < -0.4 is 0 Å². The molecule has 0 N–H and O–H groups in total. The highest BCUT2D eigenvalue weighted by molar-refractivity contribution is 5.79. The Balaban J connectivity index is 2.60. The van der Waals surface area contributed by atoms with Gasteiger partial charge < -0.3 is 9.64 Å². The molecule has 0 radical (unpaired) electrons. The number of hydrogen-bond acceptors (Lipinski definition) is 2. The van der Waals surface area contributed by atoms with Gasteiger partial charge in [-0.2, -0.15) is 8.78 Å². The van der Waals surface area contributed by atoms with Crippen LogP contribution in [-0.4, -0.2) is 42.5 Å². The normalized spacial score (nSPS) is 29.5. The van der Waals surface area contributed by atoms with Gasteiger partial charge in [0.15, 0.2) is 0 Å². The molecule has 76 valence electrons. The quantitative estimate of drug-likeness (QED) is 0.619. The number of alkyl halides is 2. The third-order valence-electron chi connectivity index (χ3n) is 2.08. The predicted molar refractivity (Wildman–Crippen MR) is 42.6 cm³/mol. The van der Waals surface area contributed by atoms with Gasteiger partial charge in [0.2, 0.25) is 0 Å². The van der Waals surface area contributed by atoms with E-state index in [1.54, 1.807) is 13.8 Å². The molecule has 1 aliphatic rings. The standard InChI is InChI=1S/C8H13F2NO2/c1-5-4-13-6(2)3-11(5)8(12)7(9)10/h5-7H,3-4H2,1-2H3. The monoisotopic (exact) mass is 193 g/mol. The van der Waals surface area contributed by atoms with E-state index in [1.807, 2.05) is 0 Å². The molecule has 2 atom stereocenters. The Morgan fingerprint density at radius 1 is 1.54 bits per heavy atom. The molecule has 1 fully saturated rings. The Morgan fingerprint density at radius 3 is 2.69 bits per heavy atom. The second kappa shape index (κ2) is 4.00. The molecule has 1 aliphatic heterocycles. The average molecular weight is 193 g/mol. The molecule has 1 amide bonds. The number of rotatable bonds is 1. The van der Waals surface area contributed by atoms with Crippen molar-refractivity contribution in [2.75, 3.05) is 13.2 Å². The highest BCUT2D eigenvalue weighted by atomic mass is 19.3. The van der Waals surface area contributed by atoms with Crippen molar-refractivity contribution in [2.45, 2.75) is 32.4 Å². The van der Waals surface area contributed by atoms with Crippen LogP contribution in [0.1, 0.15) is 13.8 Å². The molecule has 0 aromatic rings. The van der Waals surface area contributed by atoms with Gasteiger partial charge in [0.05, 0.1) is 18.8 Å². The highest BCUT2D eigenvalue weighted by Crippen LogP contribution is 2.13. The lowest BCUT2D eigenvalue weighted by atomic mass is 10.2. The number of morpholine rings is 1. The summed E-state index contributed by atoms with van der Waals surface area (Å²) in [5.41, 5.74) is 0. The van der Waals surface area contributed by atoms with Crippen LogP contribution in [0.25, 0.3) is 0 Å². The molecular weight excluding hydrogens is 180 g/mol. The van der Waals surface area contributed by atoms with Crippen LogP contribution in [0, 0.1) is 0 Å². The Morgan fingerprint density at radius 2 is 2.15 bits per heavy atom. The molecule has 1 saturated heterocycles. The predicted octanol–water partition coefficient (Wildman–Crippen LogP) is 0.887. The van der Waals surface area contributed by atoms with Crippen molar-refractivity contribution in [1.82, 2.24) is 4.90 Å². The fourth-order valence-electron chi connectivity index (χ4n) is 1.34. The first-order valence-corrected chi connectivity index (χ1v) is 4.22. The molecule has 2 unspecified atom stereocenters. The number of amides is 1. The van der Waals surface area contributed by atoms with E-state index < -0.39 is 12.3 Å². The van der Waals surface area contributed by atoms with Gasteiger partial charge in [-0.15, -0.1) is 0 Å². The molecule has 3 nitrogen and oxygen atoms in total. The van der Waals surface area contributed by atoms with Crippen molar-refractivity contribution in [2.24, 2.45) is 0 Å². The van der Waals surface area contributed by atoms with Gasteiger partial charge >= 0.3 is 6.43 Å². The third-order valence-corrected chi connectivity index (χ3v) is 2.08. The topological polar surface area (TPSA) is 29.5 Å². The molecule has 1 rings (SSSR count). The van der Waals surface area contributed by atoms with E-state index in [0.29, 0.717) is 6.61 Å². The van der Waals surface area contributed by atoms with E-state index in [-0.39, 0.29) is 18.7 Å². The molecule has 0 aromatic carbocycles. The van der Waals surface area contributed by atoms with Gasteiger partial charge in [0.25, 0.3) is 5.91 Å². The summed E-state index contributed by atoms with van der Waals surface area (Å²) < 4.78 is 29.4. The summed E-state index contributed by atoms with van der Waals surface area (Å²) >= 11 is 0. The van der Waals surface area contributed by atoms with Crippen LogP contribution in [0.3, 0.4) is 0 Å². The molecule has 0 bridgehead atoms. The minimum absolute atomic E-state index is 0.154. The number of hydrogen-bond donors (Lipinski definition) is 0. The Hall–Kier alpha value is -0.710. The van der Waals surface area contributed by atoms with Crippen LogP contribution in [0.15, 0.2) is 0 Å². The summed E-state index contributed by atoms with van der Waals surface area (Å²) in [6, 6.07) is -0.252. The van der Waals surface area contributed by atoms with E-state index in [0.717, 1.165) is 0 Å². The smallest absolute Gasteiger partial charge is 0.315 e. The van der Waals surface area contributed by atoms with E-state index in [1.165, 1.54) is 4.90 Å². The Kier molecular flexibility index (Phi) is 3.19. The van der Waals surface area contributed by atoms with Crippen LogP contribution in [0.5, 0.6) is 0 Å². The molecule has 0 aromatic heterocycles. The second-order valence-electron chi connectivity index (χ2n) is 3.28. The number of carbonyl (C=O) groups is 1. The summed E-state index contributed by atoms with van der Waals surface area (Å²) in [7, 11) is 0. The maximum absolute atomic E-state index is 12.1. The van der Waals surface area contributed by atoms with Gasteiger partial charge in [-0.25, -0.2) is 0 Å². The summed E-state index contributed by atoms with van der Waals surface area (Å²) in [5, 5.41) is 0. The molecule has 1 heterocycles. The van der Waals surface area contributed by atoms with E-state index >= 15 is 0 Å². The fourth-order valence-corrected chi connectivity index (χ4v) is 1.34. The molecule has 13 heavy (non-hydrogen) atoms. The van der Waals surface area contributed by atoms with Crippen LogP contribution >= 0.6 is 0 Å². The third kappa shape index (κ3) is 2.37. The summed E-state index contributed by atoms with van der Waals surface area (Å²) in [5.74, 6) is -1.09. The minimum atomic E-state index is -2.91. The maximum atomic E-state index is 12.1. The lowest BCUT2D eigenvalue weighted by Gasteiger charge is -2.36. The van der Waals surface area contributed by atoms with Gasteiger partial charge in [-0.3, -0.25) is 4.79 Å². The second-order valence-corrected chi connectivity index (χ2v) is 3.28. The van der Waals surface area contributed by atoms with Crippen molar-refractivity contribution in [1.29, 1.82) is 0 Å². The fraction of sp³-hybridized carbons (Fsp3) is 0.875. The largest absolute Gasteiger partial charge is 0.375 e. The zero-order valence-electron chi connectivity index (χ0n) is 7.67. The van der Waals surface area contributed by atoms with Gasteiger partial charge in [-0.05, 0) is 13.8 Å². The summed E-state index contributed by atoms with van der Waals surface area (Å²) in [4.78, 5) is 12.2. The van der Waals surface area contributed by atoms with E-state index in [2.05, 4.69) is 0 Å².